The summed E-state index contributed by atoms with van der Waals surface area (Å²) in [6, 6.07) is 21.1. The van der Waals surface area contributed by atoms with Crippen LogP contribution in [0.15, 0.2) is 88.2 Å². The predicted octanol–water partition coefficient (Wildman–Crippen LogP) is 5.23. The minimum atomic E-state index is -4.14. The van der Waals surface area contributed by atoms with Crippen LogP contribution >= 0.6 is 15.9 Å². The summed E-state index contributed by atoms with van der Waals surface area (Å²) >= 11 is 3.42. The van der Waals surface area contributed by atoms with Crippen LogP contribution < -0.4 is 14.4 Å². The Bertz CT molecular complexity index is 1360. The Balaban J connectivity index is 1.97. The number of hydrogen-bond donors (Lipinski definition) is 1. The van der Waals surface area contributed by atoms with Crippen LogP contribution in [0, 0.1) is 5.92 Å². The molecule has 0 aliphatic carbocycles. The van der Waals surface area contributed by atoms with E-state index in [9.17, 15) is 18.0 Å². The van der Waals surface area contributed by atoms with Crippen LogP contribution in [0.1, 0.15) is 33.3 Å². The molecule has 3 rings (SSSR count). The molecule has 0 saturated heterocycles. The number of amides is 2. The lowest BCUT2D eigenvalue weighted by atomic mass is 10.1. The maximum atomic E-state index is 13.9. The van der Waals surface area contributed by atoms with Crippen molar-refractivity contribution in [2.45, 2.75) is 45.2 Å². The van der Waals surface area contributed by atoms with Gasteiger partial charge in [-0.15, -0.1) is 0 Å². The van der Waals surface area contributed by atoms with Crippen LogP contribution in [-0.2, 0) is 26.2 Å². The van der Waals surface area contributed by atoms with Crippen molar-refractivity contribution < 1.29 is 22.7 Å². The van der Waals surface area contributed by atoms with Crippen molar-refractivity contribution in [1.29, 1.82) is 0 Å². The number of halogens is 1. The van der Waals surface area contributed by atoms with Crippen molar-refractivity contribution in [2.75, 3.05) is 24.0 Å². The van der Waals surface area contributed by atoms with Crippen molar-refractivity contribution >= 4 is 43.5 Å². The van der Waals surface area contributed by atoms with E-state index < -0.39 is 28.5 Å². The summed E-state index contributed by atoms with van der Waals surface area (Å²) in [7, 11) is -4.14. The number of carbonyl (C=O) groups excluding carboxylic acids is 2. The van der Waals surface area contributed by atoms with E-state index in [1.807, 2.05) is 45.0 Å². The lowest BCUT2D eigenvalue weighted by Gasteiger charge is -2.32. The van der Waals surface area contributed by atoms with Crippen LogP contribution in [0.25, 0.3) is 0 Å². The quantitative estimate of drug-likeness (QED) is 0.279. The van der Waals surface area contributed by atoms with Gasteiger partial charge in [0.15, 0.2) is 0 Å². The van der Waals surface area contributed by atoms with Crippen molar-refractivity contribution in [1.82, 2.24) is 10.2 Å². The third-order valence-electron chi connectivity index (χ3n) is 6.16. The van der Waals surface area contributed by atoms with Gasteiger partial charge in [-0.2, -0.15) is 0 Å². The minimum Gasteiger partial charge on any atom is -0.494 e. The third-order valence-corrected chi connectivity index (χ3v) is 8.48. The zero-order valence-electron chi connectivity index (χ0n) is 23.2. The Labute approximate surface area is 245 Å². The fraction of sp³-hybridized carbons (Fsp3) is 0.333. The van der Waals surface area contributed by atoms with E-state index in [4.69, 9.17) is 4.74 Å². The molecule has 3 aromatic carbocycles. The molecule has 3 aromatic rings. The summed E-state index contributed by atoms with van der Waals surface area (Å²) in [6.07, 6.45) is 0. The average Bonchev–Trinajstić information content (AvgIpc) is 2.94. The maximum absolute atomic E-state index is 13.9. The minimum absolute atomic E-state index is 0.0230. The molecule has 0 aliphatic rings. The smallest absolute Gasteiger partial charge is 0.264 e. The molecule has 214 valence electrons. The second kappa shape index (κ2) is 14.3. The molecule has 1 N–H and O–H groups in total. The lowest BCUT2D eigenvalue weighted by molar-refractivity contribution is -0.139. The summed E-state index contributed by atoms with van der Waals surface area (Å²) in [6.45, 7) is 8.03. The van der Waals surface area contributed by atoms with Crippen molar-refractivity contribution in [2.24, 2.45) is 5.92 Å². The number of anilines is 1. The Morgan fingerprint density at radius 2 is 1.55 bits per heavy atom. The number of nitrogens with zero attached hydrogens (tertiary/aromatic N) is 2. The molecule has 40 heavy (non-hydrogen) atoms. The van der Waals surface area contributed by atoms with Gasteiger partial charge in [0.1, 0.15) is 18.3 Å². The first-order valence-electron chi connectivity index (χ1n) is 13.1. The lowest BCUT2D eigenvalue weighted by Crippen LogP contribution is -2.51. The molecule has 0 unspecified atom stereocenters. The van der Waals surface area contributed by atoms with Gasteiger partial charge < -0.3 is 15.0 Å². The van der Waals surface area contributed by atoms with Gasteiger partial charge in [-0.3, -0.25) is 13.9 Å². The fourth-order valence-corrected chi connectivity index (χ4v) is 5.62. The van der Waals surface area contributed by atoms with Crippen molar-refractivity contribution in [3.63, 3.8) is 0 Å². The van der Waals surface area contributed by atoms with Crippen LogP contribution in [0.3, 0.4) is 0 Å². The molecule has 0 saturated carbocycles. The number of sulfonamides is 1. The van der Waals surface area contributed by atoms with Gasteiger partial charge in [-0.25, -0.2) is 8.42 Å². The van der Waals surface area contributed by atoms with Gasteiger partial charge in [0.25, 0.3) is 10.0 Å². The maximum Gasteiger partial charge on any atom is 0.264 e. The van der Waals surface area contributed by atoms with Gasteiger partial charge >= 0.3 is 0 Å². The third kappa shape index (κ3) is 8.32. The van der Waals surface area contributed by atoms with Crippen LogP contribution in [0.2, 0.25) is 0 Å². The number of carbonyl (C=O) groups is 2. The second-order valence-electron chi connectivity index (χ2n) is 9.71. The molecular formula is C30H36BrN3O5S. The second-order valence-corrected chi connectivity index (χ2v) is 12.5. The molecule has 1 atom stereocenters. The van der Waals surface area contributed by atoms with Crippen LogP contribution in [0.4, 0.5) is 5.69 Å². The highest BCUT2D eigenvalue weighted by atomic mass is 79.9. The van der Waals surface area contributed by atoms with E-state index in [1.165, 1.54) is 17.0 Å². The van der Waals surface area contributed by atoms with Gasteiger partial charge in [0.2, 0.25) is 11.8 Å². The van der Waals surface area contributed by atoms with Crippen LogP contribution in [0.5, 0.6) is 5.75 Å². The summed E-state index contributed by atoms with van der Waals surface area (Å²) < 4.78 is 35.2. The van der Waals surface area contributed by atoms with E-state index in [1.54, 1.807) is 49.4 Å². The molecule has 2 amide bonds. The van der Waals surface area contributed by atoms with Gasteiger partial charge in [0, 0.05) is 17.6 Å². The first-order valence-corrected chi connectivity index (χ1v) is 15.4. The average molecular weight is 631 g/mol. The molecule has 0 fully saturated rings. The number of rotatable bonds is 13. The van der Waals surface area contributed by atoms with E-state index >= 15 is 0 Å². The standard InChI is InChI=1S/C30H36BrN3O5S/c1-5-39-27-15-17-28(18-16-27)40(37,38)34(26-9-7-6-8-10-26)21-29(35)33(20-24-11-13-25(31)14-12-24)23(4)30(36)32-19-22(2)3/h6-18,22-23H,5,19-21H2,1-4H3,(H,32,36)/t23-/m0/s1. The van der Waals surface area contributed by atoms with Gasteiger partial charge in [-0.1, -0.05) is 60.1 Å². The highest BCUT2D eigenvalue weighted by Crippen LogP contribution is 2.26. The Morgan fingerprint density at radius 1 is 0.925 bits per heavy atom. The van der Waals surface area contributed by atoms with Crippen LogP contribution in [-0.4, -0.2) is 50.9 Å². The van der Waals surface area contributed by atoms with Gasteiger partial charge in [-0.05, 0) is 73.9 Å². The zero-order chi connectivity index (χ0) is 29.3. The Hall–Kier alpha value is -3.37. The van der Waals surface area contributed by atoms with Crippen molar-refractivity contribution in [3.8, 4) is 5.75 Å². The Morgan fingerprint density at radius 3 is 2.12 bits per heavy atom. The molecule has 8 nitrogen and oxygen atoms in total. The van der Waals surface area contributed by atoms with E-state index in [-0.39, 0.29) is 23.3 Å². The monoisotopic (exact) mass is 629 g/mol. The normalized spacial score (nSPS) is 12.1. The van der Waals surface area contributed by atoms with Gasteiger partial charge in [0.05, 0.1) is 17.2 Å². The number of benzene rings is 3. The summed E-state index contributed by atoms with van der Waals surface area (Å²) in [5, 5.41) is 2.88. The van der Waals surface area contributed by atoms with E-state index in [0.29, 0.717) is 24.6 Å². The molecule has 0 aromatic heterocycles. The first-order chi connectivity index (χ1) is 19.0. The predicted molar refractivity (Wildman–Crippen MR) is 161 cm³/mol. The molecule has 0 spiro atoms. The highest BCUT2D eigenvalue weighted by molar-refractivity contribution is 9.10. The number of nitrogens with one attached hydrogen (secondary N) is 1. The molecule has 0 radical (unpaired) electrons. The topological polar surface area (TPSA) is 96.0 Å². The summed E-state index contributed by atoms with van der Waals surface area (Å²) in [5.41, 5.74) is 1.14. The Kier molecular flexibility index (Phi) is 11.2. The first kappa shape index (κ1) is 31.2. The molecule has 10 heteroatoms. The number of hydrogen-bond acceptors (Lipinski definition) is 5. The van der Waals surface area contributed by atoms with Crippen molar-refractivity contribution in [3.05, 3.63) is 88.9 Å². The SMILES string of the molecule is CCOc1ccc(S(=O)(=O)N(CC(=O)N(Cc2ccc(Br)cc2)[C@@H](C)C(=O)NCC(C)C)c2ccccc2)cc1. The highest BCUT2D eigenvalue weighted by Gasteiger charge is 2.32. The largest absolute Gasteiger partial charge is 0.494 e. The molecule has 0 heterocycles. The molecule has 0 bridgehead atoms. The van der Waals surface area contributed by atoms with E-state index in [0.717, 1.165) is 14.3 Å². The fourth-order valence-electron chi connectivity index (χ4n) is 3.95. The number of ether oxygens (including phenoxy) is 1. The molecule has 0 aliphatic heterocycles. The van der Waals surface area contributed by atoms with E-state index in [2.05, 4.69) is 21.2 Å². The molecular weight excluding hydrogens is 594 g/mol. The summed E-state index contributed by atoms with van der Waals surface area (Å²) in [5.74, 6) is -0.0291. The zero-order valence-corrected chi connectivity index (χ0v) is 25.6. The summed E-state index contributed by atoms with van der Waals surface area (Å²) in [4.78, 5) is 28.4. The number of para-hydroxylation sites is 1.